The number of Topliss-reactive ketones (excluding diaryl/α,β-unsaturated/α-hetero) is 1. The lowest BCUT2D eigenvalue weighted by molar-refractivity contribution is -0.123. The quantitative estimate of drug-likeness (QED) is 0.498. The molecular formula is C24H20ClN3O5. The van der Waals surface area contributed by atoms with Crippen molar-refractivity contribution in [2.75, 3.05) is 19.1 Å². The van der Waals surface area contributed by atoms with E-state index in [0.29, 0.717) is 27.8 Å². The highest BCUT2D eigenvalue weighted by atomic mass is 35.5. The summed E-state index contributed by atoms with van der Waals surface area (Å²) in [5, 5.41) is 6.43. The van der Waals surface area contributed by atoms with Crippen molar-refractivity contribution in [1.82, 2.24) is 5.01 Å². The van der Waals surface area contributed by atoms with Gasteiger partial charge in [-0.3, -0.25) is 19.4 Å². The van der Waals surface area contributed by atoms with Gasteiger partial charge in [0.15, 0.2) is 17.3 Å². The number of anilines is 1. The molecule has 4 atom stereocenters. The summed E-state index contributed by atoms with van der Waals surface area (Å²) in [6.45, 7) is 0. The molecule has 0 aliphatic carbocycles. The van der Waals surface area contributed by atoms with Crippen LogP contribution in [0.2, 0.25) is 5.02 Å². The number of carbonyl (C=O) groups is 3. The van der Waals surface area contributed by atoms with Crippen LogP contribution in [0.4, 0.5) is 5.69 Å². The predicted octanol–water partition coefficient (Wildman–Crippen LogP) is 2.95. The molecule has 33 heavy (non-hydrogen) atoms. The van der Waals surface area contributed by atoms with Crippen molar-refractivity contribution in [1.29, 1.82) is 0 Å². The molecule has 3 aliphatic rings. The van der Waals surface area contributed by atoms with Crippen molar-refractivity contribution in [3.05, 3.63) is 65.2 Å². The van der Waals surface area contributed by atoms with Crippen LogP contribution in [0, 0.1) is 11.8 Å². The fourth-order valence-electron chi connectivity index (χ4n) is 4.84. The monoisotopic (exact) mass is 465 g/mol. The molecule has 0 bridgehead atoms. The third kappa shape index (κ3) is 3.21. The third-order valence-electron chi connectivity index (χ3n) is 6.31. The first-order valence-electron chi connectivity index (χ1n) is 10.3. The number of carbonyl (C=O) groups excluding carboxylic acids is 3. The largest absolute Gasteiger partial charge is 0.493 e. The Morgan fingerprint density at radius 2 is 1.67 bits per heavy atom. The van der Waals surface area contributed by atoms with E-state index in [2.05, 4.69) is 5.10 Å². The Kier molecular flexibility index (Phi) is 5.17. The van der Waals surface area contributed by atoms with E-state index in [1.165, 1.54) is 14.2 Å². The standard InChI is InChI=1S/C24H20ClN3O5/c1-32-17-10-5-13(12-18(17)33-2)22(29)21-20-19(16-4-3-11-26-28(16)21)23(30)27(24(20)31)15-8-6-14(25)7-9-15/h3-12,16,19-21H,1-2H3/t16-,19-,20+,21-/m1/s1. The Bertz CT molecular complexity index is 1210. The van der Waals surface area contributed by atoms with Crippen molar-refractivity contribution >= 4 is 41.1 Å². The number of hydrogen-bond acceptors (Lipinski definition) is 7. The first-order chi connectivity index (χ1) is 16.0. The summed E-state index contributed by atoms with van der Waals surface area (Å²) in [6, 6.07) is 9.88. The third-order valence-corrected chi connectivity index (χ3v) is 6.56. The molecule has 168 valence electrons. The van der Waals surface area contributed by atoms with Gasteiger partial charge in [-0.25, -0.2) is 4.90 Å². The molecule has 3 aliphatic heterocycles. The number of methoxy groups -OCH3 is 2. The predicted molar refractivity (Wildman–Crippen MR) is 122 cm³/mol. The second-order valence-corrected chi connectivity index (χ2v) is 8.38. The summed E-state index contributed by atoms with van der Waals surface area (Å²) < 4.78 is 10.6. The number of benzene rings is 2. The average molecular weight is 466 g/mol. The Morgan fingerprint density at radius 3 is 2.36 bits per heavy atom. The minimum Gasteiger partial charge on any atom is -0.493 e. The molecule has 9 heteroatoms. The van der Waals surface area contributed by atoms with Gasteiger partial charge in [-0.05, 0) is 48.5 Å². The molecule has 2 saturated heterocycles. The van der Waals surface area contributed by atoms with Crippen molar-refractivity contribution in [3.63, 3.8) is 0 Å². The fourth-order valence-corrected chi connectivity index (χ4v) is 4.97. The molecule has 0 saturated carbocycles. The zero-order chi connectivity index (χ0) is 23.3. The van der Waals surface area contributed by atoms with Gasteiger partial charge in [0.1, 0.15) is 6.04 Å². The van der Waals surface area contributed by atoms with E-state index in [1.807, 2.05) is 6.08 Å². The minimum atomic E-state index is -0.937. The summed E-state index contributed by atoms with van der Waals surface area (Å²) in [7, 11) is 2.99. The number of imide groups is 1. The maximum absolute atomic E-state index is 13.7. The molecule has 2 fully saturated rings. The fraction of sp³-hybridized carbons (Fsp3) is 0.250. The number of hydrazone groups is 1. The Morgan fingerprint density at radius 1 is 0.970 bits per heavy atom. The molecular weight excluding hydrogens is 446 g/mol. The molecule has 2 aromatic rings. The number of nitrogens with zero attached hydrogens (tertiary/aromatic N) is 3. The molecule has 3 heterocycles. The van der Waals surface area contributed by atoms with E-state index < -0.39 is 29.8 Å². The maximum atomic E-state index is 13.7. The molecule has 0 N–H and O–H groups in total. The maximum Gasteiger partial charge on any atom is 0.240 e. The van der Waals surface area contributed by atoms with E-state index in [4.69, 9.17) is 21.1 Å². The lowest BCUT2D eigenvalue weighted by Crippen LogP contribution is -2.46. The number of halogens is 1. The first kappa shape index (κ1) is 21.2. The molecule has 8 nitrogen and oxygen atoms in total. The lowest BCUT2D eigenvalue weighted by atomic mass is 9.86. The van der Waals surface area contributed by atoms with Crippen LogP contribution in [0.5, 0.6) is 11.5 Å². The summed E-state index contributed by atoms with van der Waals surface area (Å²) in [4.78, 5) is 41.9. The van der Waals surface area contributed by atoms with E-state index in [1.54, 1.807) is 59.8 Å². The van der Waals surface area contributed by atoms with Crippen molar-refractivity contribution in [2.24, 2.45) is 16.9 Å². The number of allylic oxidation sites excluding steroid dienone is 1. The Labute approximate surface area is 195 Å². The highest BCUT2D eigenvalue weighted by molar-refractivity contribution is 6.31. The number of ether oxygens (including phenoxy) is 2. The second kappa shape index (κ2) is 8.04. The lowest BCUT2D eigenvalue weighted by Gasteiger charge is -2.30. The van der Waals surface area contributed by atoms with Crippen LogP contribution in [0.15, 0.2) is 59.7 Å². The van der Waals surface area contributed by atoms with Crippen molar-refractivity contribution in [3.8, 4) is 11.5 Å². The Balaban J connectivity index is 1.56. The minimum absolute atomic E-state index is 0.319. The van der Waals surface area contributed by atoms with E-state index in [9.17, 15) is 14.4 Å². The number of fused-ring (bicyclic) bond motifs is 3. The average Bonchev–Trinajstić information content (AvgIpc) is 3.31. The topological polar surface area (TPSA) is 88.5 Å². The number of ketones is 1. The highest BCUT2D eigenvalue weighted by Crippen LogP contribution is 2.46. The van der Waals surface area contributed by atoms with Crippen LogP contribution in [-0.4, -0.2) is 55.1 Å². The van der Waals surface area contributed by atoms with Gasteiger partial charge >= 0.3 is 0 Å². The van der Waals surface area contributed by atoms with Crippen LogP contribution in [0.1, 0.15) is 10.4 Å². The normalized spacial score (nSPS) is 25.3. The molecule has 2 aromatic carbocycles. The highest BCUT2D eigenvalue weighted by Gasteiger charge is 2.64. The van der Waals surface area contributed by atoms with Crippen molar-refractivity contribution in [2.45, 2.75) is 12.1 Å². The summed E-state index contributed by atoms with van der Waals surface area (Å²) in [5.74, 6) is -1.82. The molecule has 0 radical (unpaired) electrons. The summed E-state index contributed by atoms with van der Waals surface area (Å²) in [5.41, 5.74) is 0.767. The van der Waals surface area contributed by atoms with E-state index in [0.717, 1.165) is 4.90 Å². The van der Waals surface area contributed by atoms with Gasteiger partial charge < -0.3 is 9.47 Å². The number of rotatable bonds is 5. The molecule has 5 rings (SSSR count). The van der Waals surface area contributed by atoms with Gasteiger partial charge in [0.25, 0.3) is 0 Å². The van der Waals surface area contributed by atoms with Crippen LogP contribution >= 0.6 is 11.6 Å². The zero-order valence-electron chi connectivity index (χ0n) is 17.8. The first-order valence-corrected chi connectivity index (χ1v) is 10.7. The van der Waals surface area contributed by atoms with E-state index in [-0.39, 0.29) is 11.7 Å². The smallest absolute Gasteiger partial charge is 0.240 e. The molecule has 0 unspecified atom stereocenters. The number of hydrogen-bond donors (Lipinski definition) is 0. The van der Waals surface area contributed by atoms with Gasteiger partial charge in [0, 0.05) is 16.8 Å². The van der Waals surface area contributed by atoms with Crippen LogP contribution < -0.4 is 14.4 Å². The SMILES string of the molecule is COc1ccc(C(=O)[C@H]2[C@H]3C(=O)N(c4ccc(Cl)cc4)C(=O)[C@@H]3[C@H]3C=CC=NN32)cc1OC. The van der Waals surface area contributed by atoms with Gasteiger partial charge in [0.05, 0.1) is 37.8 Å². The molecule has 0 spiro atoms. The number of amides is 2. The van der Waals surface area contributed by atoms with Gasteiger partial charge in [-0.2, -0.15) is 5.10 Å². The molecule has 2 amide bonds. The zero-order valence-corrected chi connectivity index (χ0v) is 18.6. The Hall–Kier alpha value is -3.65. The molecule has 0 aromatic heterocycles. The van der Waals surface area contributed by atoms with Crippen LogP contribution in [-0.2, 0) is 9.59 Å². The van der Waals surface area contributed by atoms with E-state index >= 15 is 0 Å². The van der Waals surface area contributed by atoms with Crippen molar-refractivity contribution < 1.29 is 23.9 Å². The van der Waals surface area contributed by atoms with Crippen LogP contribution in [0.3, 0.4) is 0 Å². The summed E-state index contributed by atoms with van der Waals surface area (Å²) >= 11 is 5.97. The summed E-state index contributed by atoms with van der Waals surface area (Å²) in [6.07, 6.45) is 5.09. The van der Waals surface area contributed by atoms with Gasteiger partial charge in [-0.1, -0.05) is 17.7 Å². The van der Waals surface area contributed by atoms with Crippen LogP contribution in [0.25, 0.3) is 0 Å². The van der Waals surface area contributed by atoms with Gasteiger partial charge in [0.2, 0.25) is 11.8 Å². The second-order valence-electron chi connectivity index (χ2n) is 7.94. The van der Waals surface area contributed by atoms with Gasteiger partial charge in [-0.15, -0.1) is 0 Å².